The highest BCUT2D eigenvalue weighted by Gasteiger charge is 2.28. The average molecular weight is 891 g/mol. The number of benzene rings is 5. The minimum absolute atomic E-state index is 0.00586. The molecule has 0 bridgehead atoms. The van der Waals surface area contributed by atoms with Gasteiger partial charge in [0.2, 0.25) is 0 Å². The van der Waals surface area contributed by atoms with Crippen LogP contribution in [0.2, 0.25) is 5.02 Å². The minimum Gasteiger partial charge on any atom is -0.376 e. The first-order valence-corrected chi connectivity index (χ1v) is 22.2. The van der Waals surface area contributed by atoms with Crippen molar-refractivity contribution >= 4 is 67.2 Å². The van der Waals surface area contributed by atoms with Crippen LogP contribution < -0.4 is 20.3 Å². The Balaban J connectivity index is 1.02. The lowest BCUT2D eigenvalue weighted by molar-refractivity contribution is -0.384. The predicted molar refractivity (Wildman–Crippen MR) is 236 cm³/mol. The van der Waals surface area contributed by atoms with Crippen LogP contribution in [0.3, 0.4) is 0 Å². The van der Waals surface area contributed by atoms with Crippen molar-refractivity contribution in [2.45, 2.75) is 35.0 Å². The average Bonchev–Trinajstić information content (AvgIpc) is 3.24. The molecule has 0 unspecified atom stereocenters. The lowest BCUT2D eigenvalue weighted by Gasteiger charge is -2.36. The number of nitro benzene ring substituents is 1. The van der Waals surface area contributed by atoms with Crippen molar-refractivity contribution in [1.29, 1.82) is 0 Å². The molecular weight excluding hydrogens is 849 g/mol. The summed E-state index contributed by atoms with van der Waals surface area (Å²) in [5.74, 6) is 0.376. The van der Waals surface area contributed by atoms with Gasteiger partial charge in [-0.05, 0) is 84.3 Å². The number of halogens is 4. The normalized spacial score (nSPS) is 14.2. The first-order valence-electron chi connectivity index (χ1n) is 19.4. The number of thioether (sulfide) groups is 1. The lowest BCUT2D eigenvalue weighted by atomic mass is 9.99. The van der Waals surface area contributed by atoms with Gasteiger partial charge in [-0.15, -0.1) is 11.8 Å². The molecular formula is C43H42ClF3N8O4S2. The van der Waals surface area contributed by atoms with E-state index in [2.05, 4.69) is 53.3 Å². The van der Waals surface area contributed by atoms with Crippen molar-refractivity contribution in [2.24, 2.45) is 0 Å². The molecule has 0 spiro atoms. The van der Waals surface area contributed by atoms with E-state index in [1.807, 2.05) is 72.8 Å². The van der Waals surface area contributed by atoms with E-state index in [4.69, 9.17) is 11.6 Å². The number of alkyl halides is 3. The summed E-state index contributed by atoms with van der Waals surface area (Å²) < 4.78 is 68.2. The largest absolute Gasteiger partial charge is 0.401 e. The summed E-state index contributed by atoms with van der Waals surface area (Å²) in [6.07, 6.45) is -2.93. The third-order valence-corrected chi connectivity index (χ3v) is 12.9. The fourth-order valence-electron chi connectivity index (χ4n) is 7.10. The van der Waals surface area contributed by atoms with Crippen LogP contribution >= 0.6 is 23.4 Å². The Hall–Kier alpha value is -5.46. The zero-order valence-corrected chi connectivity index (χ0v) is 35.1. The fraction of sp³-hybridized carbons (Fsp3) is 0.256. The van der Waals surface area contributed by atoms with Crippen LogP contribution in [-0.2, 0) is 16.6 Å². The van der Waals surface area contributed by atoms with E-state index >= 15 is 0 Å². The van der Waals surface area contributed by atoms with E-state index in [1.165, 1.54) is 30.2 Å². The van der Waals surface area contributed by atoms with Crippen molar-refractivity contribution < 1.29 is 26.5 Å². The molecule has 0 saturated carbocycles. The van der Waals surface area contributed by atoms with Crippen LogP contribution in [0.15, 0.2) is 131 Å². The molecule has 318 valence electrons. The maximum Gasteiger partial charge on any atom is 0.401 e. The van der Waals surface area contributed by atoms with E-state index in [0.717, 1.165) is 66.1 Å². The van der Waals surface area contributed by atoms with Gasteiger partial charge in [-0.2, -0.15) is 13.2 Å². The number of fused-ring (bicyclic) bond motifs is 1. The monoisotopic (exact) mass is 890 g/mol. The Bertz CT molecular complexity index is 2570. The van der Waals surface area contributed by atoms with Gasteiger partial charge >= 0.3 is 6.18 Å². The van der Waals surface area contributed by atoms with Gasteiger partial charge in [0, 0.05) is 71.6 Å². The summed E-state index contributed by atoms with van der Waals surface area (Å²) in [6.45, 7) is 2.68. The summed E-state index contributed by atoms with van der Waals surface area (Å²) in [5.41, 5.74) is 4.38. The summed E-state index contributed by atoms with van der Waals surface area (Å²) in [7, 11) is -4.39. The van der Waals surface area contributed by atoms with Gasteiger partial charge in [0.05, 0.1) is 21.9 Å². The molecule has 0 aliphatic carbocycles. The van der Waals surface area contributed by atoms with Gasteiger partial charge in [0.1, 0.15) is 12.0 Å². The second-order valence-electron chi connectivity index (χ2n) is 14.4. The van der Waals surface area contributed by atoms with Gasteiger partial charge in [-0.1, -0.05) is 66.2 Å². The second-order valence-corrected chi connectivity index (χ2v) is 17.7. The molecule has 3 N–H and O–H groups in total. The molecule has 1 aliphatic heterocycles. The fourth-order valence-corrected chi connectivity index (χ4v) is 9.33. The Kier molecular flexibility index (Phi) is 13.9. The maximum absolute atomic E-state index is 13.7. The molecule has 5 aromatic carbocycles. The first kappa shape index (κ1) is 43.6. The number of nitrogens with one attached hydrogen (secondary N) is 3. The standard InChI is InChI=1S/C43H42ClF3N8O4S2/c44-32-11-14-37(30-7-3-1-4-8-30)31(23-32)26-53-19-21-54(22-20-53)34-12-15-38-40(24-34)49-29-50-42(38)52-61(58,59)36-13-16-39(41(25-36)55(56)57)51-33(17-18-48-28-43(45,46)47)27-60-35-9-5-2-6-10-35/h1-16,23-25,29,33,48,51H,17-22,26-28H2,(H,49,50,52)/t33-/m1/s1. The van der Waals surface area contributed by atoms with Gasteiger partial charge in [-0.3, -0.25) is 19.7 Å². The molecule has 0 radical (unpaired) electrons. The predicted octanol–water partition coefficient (Wildman–Crippen LogP) is 9.10. The maximum atomic E-state index is 13.7. The van der Waals surface area contributed by atoms with Crippen molar-refractivity contribution in [2.75, 3.05) is 60.0 Å². The van der Waals surface area contributed by atoms with E-state index in [9.17, 15) is 31.7 Å². The number of anilines is 3. The number of hydrogen-bond acceptors (Lipinski definition) is 11. The molecule has 1 saturated heterocycles. The van der Waals surface area contributed by atoms with Crippen molar-refractivity contribution in [3.63, 3.8) is 0 Å². The molecule has 1 atom stereocenters. The number of hydrogen-bond donors (Lipinski definition) is 3. The van der Waals surface area contributed by atoms with Gasteiger partial charge in [0.25, 0.3) is 15.7 Å². The highest BCUT2D eigenvalue weighted by Crippen LogP contribution is 2.33. The summed E-state index contributed by atoms with van der Waals surface area (Å²) >= 11 is 7.85. The molecule has 2 heterocycles. The van der Waals surface area contributed by atoms with Crippen molar-refractivity contribution in [3.05, 3.63) is 142 Å². The zero-order valence-electron chi connectivity index (χ0n) is 32.7. The first-order chi connectivity index (χ1) is 29.3. The summed E-state index contributed by atoms with van der Waals surface area (Å²) in [4.78, 5) is 25.4. The van der Waals surface area contributed by atoms with Crippen LogP contribution in [0.25, 0.3) is 22.0 Å². The number of aromatic nitrogens is 2. The Morgan fingerprint density at radius 3 is 2.34 bits per heavy atom. The Labute approximate surface area is 360 Å². The van der Waals surface area contributed by atoms with Crippen molar-refractivity contribution in [3.8, 4) is 11.1 Å². The van der Waals surface area contributed by atoms with E-state index in [1.54, 1.807) is 6.07 Å². The summed E-state index contributed by atoms with van der Waals surface area (Å²) in [5, 5.41) is 18.9. The van der Waals surface area contributed by atoms with E-state index < -0.39 is 39.4 Å². The van der Waals surface area contributed by atoms with Crippen LogP contribution in [0, 0.1) is 10.1 Å². The van der Waals surface area contributed by atoms with Crippen LogP contribution in [0.1, 0.15) is 12.0 Å². The second kappa shape index (κ2) is 19.5. The van der Waals surface area contributed by atoms with Crippen LogP contribution in [0.4, 0.5) is 36.1 Å². The molecule has 18 heteroatoms. The van der Waals surface area contributed by atoms with Crippen LogP contribution in [-0.4, -0.2) is 85.4 Å². The molecule has 7 rings (SSSR count). The third-order valence-electron chi connectivity index (χ3n) is 10.2. The highest BCUT2D eigenvalue weighted by molar-refractivity contribution is 7.99. The van der Waals surface area contributed by atoms with Crippen molar-refractivity contribution in [1.82, 2.24) is 20.2 Å². The summed E-state index contributed by atoms with van der Waals surface area (Å²) in [6, 6.07) is 34.0. The highest BCUT2D eigenvalue weighted by atomic mass is 35.5. The minimum atomic E-state index is -4.39. The number of nitrogens with zero attached hydrogens (tertiary/aromatic N) is 5. The zero-order chi connectivity index (χ0) is 43.0. The van der Waals surface area contributed by atoms with Gasteiger partial charge in [-0.25, -0.2) is 18.4 Å². The molecule has 12 nitrogen and oxygen atoms in total. The van der Waals surface area contributed by atoms with E-state index in [-0.39, 0.29) is 29.4 Å². The number of nitro groups is 1. The topological polar surface area (TPSA) is 146 Å². The smallest absolute Gasteiger partial charge is 0.376 e. The number of piperazine rings is 1. The number of rotatable bonds is 17. The SMILES string of the molecule is O=[N+]([O-])c1cc(S(=O)(=O)Nc2ncnc3cc(N4CCN(Cc5cc(Cl)ccc5-c5ccccc5)CC4)ccc23)ccc1N[C@H](CCNCC(F)(F)F)CSc1ccccc1. The number of sulfonamides is 1. The molecule has 6 aromatic rings. The van der Waals surface area contributed by atoms with E-state index in [0.29, 0.717) is 21.7 Å². The van der Waals surface area contributed by atoms with Crippen LogP contribution in [0.5, 0.6) is 0 Å². The quantitative estimate of drug-likeness (QED) is 0.0349. The third kappa shape index (κ3) is 11.7. The molecule has 1 aromatic heterocycles. The van der Waals surface area contributed by atoms with Gasteiger partial charge in [0.15, 0.2) is 5.82 Å². The molecule has 1 aliphatic rings. The van der Waals surface area contributed by atoms with Gasteiger partial charge < -0.3 is 15.5 Å². The molecule has 1 fully saturated rings. The Morgan fingerprint density at radius 2 is 1.62 bits per heavy atom. The molecule has 61 heavy (non-hydrogen) atoms. The molecule has 0 amide bonds. The lowest BCUT2D eigenvalue weighted by Crippen LogP contribution is -2.46. The Morgan fingerprint density at radius 1 is 0.885 bits per heavy atom.